The molecule has 152 valence electrons. The Morgan fingerprint density at radius 1 is 1.00 bits per heavy atom. The van der Waals surface area contributed by atoms with Crippen molar-refractivity contribution in [1.82, 2.24) is 9.88 Å². The number of carbonyl (C=O) groups excluding carboxylic acids is 1. The van der Waals surface area contributed by atoms with Crippen LogP contribution in [0.3, 0.4) is 0 Å². The van der Waals surface area contributed by atoms with E-state index in [-0.39, 0.29) is 11.8 Å². The number of rotatable bonds is 7. The molecule has 0 saturated carbocycles. The molecule has 0 bridgehead atoms. The van der Waals surface area contributed by atoms with Crippen LogP contribution in [0.2, 0.25) is 0 Å². The first-order valence-electron chi connectivity index (χ1n) is 10.2. The summed E-state index contributed by atoms with van der Waals surface area (Å²) in [5.74, 6) is 0.743. The Hall–Kier alpha value is -3.53. The van der Waals surface area contributed by atoms with E-state index in [0.29, 0.717) is 6.42 Å². The summed E-state index contributed by atoms with van der Waals surface area (Å²) in [4.78, 5) is 12.4. The zero-order chi connectivity index (χ0) is 20.9. The van der Waals surface area contributed by atoms with Gasteiger partial charge in [-0.3, -0.25) is 4.79 Å². The highest BCUT2D eigenvalue weighted by Crippen LogP contribution is 2.36. The molecule has 0 saturated heterocycles. The van der Waals surface area contributed by atoms with E-state index in [1.807, 2.05) is 24.3 Å². The third kappa shape index (κ3) is 4.08. The summed E-state index contributed by atoms with van der Waals surface area (Å²) >= 11 is 0. The van der Waals surface area contributed by atoms with Crippen molar-refractivity contribution in [3.8, 4) is 5.75 Å². The standard InChI is InChI=1S/C26H26N2O2/c1-27-26(29)16-23(20-11-8-12-21(15-20)30-2)24-18-28(17-19-9-4-3-5-10-19)25-14-7-6-13-22(24)25/h3-15,18,23H,16-17H2,1-2H3,(H,27,29). The third-order valence-corrected chi connectivity index (χ3v) is 5.56. The van der Waals surface area contributed by atoms with E-state index in [4.69, 9.17) is 4.74 Å². The lowest BCUT2D eigenvalue weighted by molar-refractivity contribution is -0.120. The van der Waals surface area contributed by atoms with Crippen molar-refractivity contribution < 1.29 is 9.53 Å². The zero-order valence-electron chi connectivity index (χ0n) is 17.3. The van der Waals surface area contributed by atoms with Gasteiger partial charge in [0.2, 0.25) is 5.91 Å². The SMILES string of the molecule is CNC(=O)CC(c1cccc(OC)c1)c1cn(Cc2ccccc2)c2ccccc12. The highest BCUT2D eigenvalue weighted by Gasteiger charge is 2.23. The number of ether oxygens (including phenoxy) is 1. The maximum Gasteiger partial charge on any atom is 0.220 e. The topological polar surface area (TPSA) is 43.3 Å². The van der Waals surface area contributed by atoms with Gasteiger partial charge < -0.3 is 14.6 Å². The average Bonchev–Trinajstić information content (AvgIpc) is 3.16. The van der Waals surface area contributed by atoms with Crippen molar-refractivity contribution in [1.29, 1.82) is 0 Å². The van der Waals surface area contributed by atoms with Crippen LogP contribution < -0.4 is 10.1 Å². The van der Waals surface area contributed by atoms with Gasteiger partial charge >= 0.3 is 0 Å². The maximum absolute atomic E-state index is 12.4. The van der Waals surface area contributed by atoms with Gasteiger partial charge in [0.25, 0.3) is 0 Å². The fourth-order valence-electron chi connectivity index (χ4n) is 4.02. The molecule has 30 heavy (non-hydrogen) atoms. The van der Waals surface area contributed by atoms with Crippen LogP contribution in [0.5, 0.6) is 5.75 Å². The van der Waals surface area contributed by atoms with Crippen molar-refractivity contribution in [2.24, 2.45) is 0 Å². The van der Waals surface area contributed by atoms with Crippen molar-refractivity contribution >= 4 is 16.8 Å². The quantitative estimate of drug-likeness (QED) is 0.478. The molecule has 1 N–H and O–H groups in total. The minimum absolute atomic E-state index is 0.0164. The lowest BCUT2D eigenvalue weighted by atomic mass is 9.88. The minimum Gasteiger partial charge on any atom is -0.497 e. The highest BCUT2D eigenvalue weighted by atomic mass is 16.5. The first-order valence-corrected chi connectivity index (χ1v) is 10.2. The van der Waals surface area contributed by atoms with Gasteiger partial charge in [0, 0.05) is 43.0 Å². The van der Waals surface area contributed by atoms with Gasteiger partial charge in [0.1, 0.15) is 5.75 Å². The summed E-state index contributed by atoms with van der Waals surface area (Å²) in [6, 6.07) is 26.8. The molecule has 1 aromatic heterocycles. The van der Waals surface area contributed by atoms with Crippen LogP contribution >= 0.6 is 0 Å². The van der Waals surface area contributed by atoms with E-state index >= 15 is 0 Å². The van der Waals surface area contributed by atoms with Crippen LogP contribution in [0.15, 0.2) is 85.1 Å². The number of carbonyl (C=O) groups is 1. The molecule has 4 aromatic rings. The number of nitrogens with one attached hydrogen (secondary N) is 1. The molecule has 0 spiro atoms. The number of nitrogens with zero attached hydrogens (tertiary/aromatic N) is 1. The molecule has 4 rings (SSSR count). The smallest absolute Gasteiger partial charge is 0.220 e. The van der Waals surface area contributed by atoms with Gasteiger partial charge in [-0.1, -0.05) is 60.7 Å². The summed E-state index contributed by atoms with van der Waals surface area (Å²) in [6.07, 6.45) is 2.58. The molecule has 1 atom stereocenters. The number of benzene rings is 3. The zero-order valence-corrected chi connectivity index (χ0v) is 17.3. The molecule has 1 heterocycles. The predicted molar refractivity (Wildman–Crippen MR) is 121 cm³/mol. The molecule has 4 nitrogen and oxygen atoms in total. The second-order valence-electron chi connectivity index (χ2n) is 7.42. The molecule has 0 aliphatic carbocycles. The van der Waals surface area contributed by atoms with Gasteiger partial charge in [-0.25, -0.2) is 0 Å². The fourth-order valence-corrected chi connectivity index (χ4v) is 4.02. The lowest BCUT2D eigenvalue weighted by Crippen LogP contribution is -2.21. The van der Waals surface area contributed by atoms with E-state index in [0.717, 1.165) is 23.4 Å². The fraction of sp³-hybridized carbons (Fsp3) is 0.192. The molecular weight excluding hydrogens is 372 g/mol. The first kappa shape index (κ1) is 19.8. The summed E-state index contributed by atoms with van der Waals surface area (Å²) in [6.45, 7) is 0.784. The van der Waals surface area contributed by atoms with Gasteiger partial charge in [0.15, 0.2) is 0 Å². The molecule has 0 radical (unpaired) electrons. The molecule has 1 amide bonds. The number of fused-ring (bicyclic) bond motifs is 1. The number of methoxy groups -OCH3 is 1. The van der Waals surface area contributed by atoms with Gasteiger partial charge in [0.05, 0.1) is 7.11 Å². The molecule has 3 aromatic carbocycles. The van der Waals surface area contributed by atoms with Gasteiger partial charge in [-0.15, -0.1) is 0 Å². The molecule has 0 fully saturated rings. The van der Waals surface area contributed by atoms with E-state index in [1.54, 1.807) is 14.2 Å². The summed E-state index contributed by atoms with van der Waals surface area (Å²) < 4.78 is 7.71. The minimum atomic E-state index is -0.0676. The second-order valence-corrected chi connectivity index (χ2v) is 7.42. The lowest BCUT2D eigenvalue weighted by Gasteiger charge is -2.17. The Morgan fingerprint density at radius 3 is 2.53 bits per heavy atom. The normalized spacial score (nSPS) is 11.9. The van der Waals surface area contributed by atoms with Gasteiger partial charge in [-0.05, 0) is 34.9 Å². The largest absolute Gasteiger partial charge is 0.497 e. The second kappa shape index (κ2) is 8.87. The number of hydrogen-bond donors (Lipinski definition) is 1. The molecule has 0 aliphatic rings. The Kier molecular flexibility index (Phi) is 5.84. The number of aromatic nitrogens is 1. The van der Waals surface area contributed by atoms with E-state index in [1.165, 1.54) is 16.5 Å². The number of amides is 1. The Bertz CT molecular complexity index is 1150. The first-order chi connectivity index (χ1) is 14.7. The van der Waals surface area contributed by atoms with Gasteiger partial charge in [-0.2, -0.15) is 0 Å². The third-order valence-electron chi connectivity index (χ3n) is 5.56. The molecule has 1 unspecified atom stereocenters. The van der Waals surface area contributed by atoms with Crippen LogP contribution in [0.4, 0.5) is 0 Å². The Balaban J connectivity index is 1.83. The number of hydrogen-bond acceptors (Lipinski definition) is 2. The maximum atomic E-state index is 12.4. The molecule has 4 heteroatoms. The summed E-state index contributed by atoms with van der Waals surface area (Å²) in [5, 5.41) is 3.95. The van der Waals surface area contributed by atoms with Crippen LogP contribution in [0, 0.1) is 0 Å². The predicted octanol–water partition coefficient (Wildman–Crippen LogP) is 4.97. The Morgan fingerprint density at radius 2 is 1.77 bits per heavy atom. The van der Waals surface area contributed by atoms with Crippen LogP contribution in [-0.4, -0.2) is 24.6 Å². The van der Waals surface area contributed by atoms with Crippen molar-refractivity contribution in [2.75, 3.05) is 14.2 Å². The number of para-hydroxylation sites is 1. The molecule has 0 aliphatic heterocycles. The summed E-state index contributed by atoms with van der Waals surface area (Å²) in [5.41, 5.74) is 4.63. The van der Waals surface area contributed by atoms with E-state index < -0.39 is 0 Å². The van der Waals surface area contributed by atoms with Crippen LogP contribution in [-0.2, 0) is 11.3 Å². The monoisotopic (exact) mass is 398 g/mol. The van der Waals surface area contributed by atoms with Crippen molar-refractivity contribution in [2.45, 2.75) is 18.9 Å². The van der Waals surface area contributed by atoms with Crippen molar-refractivity contribution in [3.63, 3.8) is 0 Å². The van der Waals surface area contributed by atoms with Crippen LogP contribution in [0.1, 0.15) is 29.0 Å². The highest BCUT2D eigenvalue weighted by molar-refractivity contribution is 5.86. The molecular formula is C26H26N2O2. The van der Waals surface area contributed by atoms with Crippen LogP contribution in [0.25, 0.3) is 10.9 Å². The van der Waals surface area contributed by atoms with E-state index in [2.05, 4.69) is 70.7 Å². The average molecular weight is 399 g/mol. The summed E-state index contributed by atoms with van der Waals surface area (Å²) in [7, 11) is 3.35. The van der Waals surface area contributed by atoms with E-state index in [9.17, 15) is 4.79 Å². The Labute approximate surface area is 177 Å². The van der Waals surface area contributed by atoms with Crippen molar-refractivity contribution in [3.05, 3.63) is 102 Å².